The number of fused-ring (bicyclic) bond motifs is 1. The third-order valence-electron chi connectivity index (χ3n) is 5.40. The molecule has 1 fully saturated rings. The van der Waals surface area contributed by atoms with Crippen LogP contribution in [-0.2, 0) is 11.3 Å². The van der Waals surface area contributed by atoms with Gasteiger partial charge in [-0.25, -0.2) is 4.98 Å². The van der Waals surface area contributed by atoms with E-state index in [1.165, 1.54) is 0 Å². The summed E-state index contributed by atoms with van der Waals surface area (Å²) in [5.74, 6) is 0.304. The molecule has 1 saturated heterocycles. The number of rotatable bonds is 5. The lowest BCUT2D eigenvalue weighted by Crippen LogP contribution is -2.35. The molecule has 31 heavy (non-hydrogen) atoms. The Morgan fingerprint density at radius 3 is 2.81 bits per heavy atom. The number of furan rings is 1. The molecule has 0 saturated carbocycles. The molecule has 0 atom stereocenters. The smallest absolute Gasteiger partial charge is 0.259 e. The van der Waals surface area contributed by atoms with Crippen LogP contribution in [0, 0.1) is 6.92 Å². The highest BCUT2D eigenvalue weighted by Crippen LogP contribution is 2.28. The molecule has 0 radical (unpaired) electrons. The van der Waals surface area contributed by atoms with E-state index in [9.17, 15) is 4.79 Å². The second-order valence-corrected chi connectivity index (χ2v) is 7.48. The van der Waals surface area contributed by atoms with Crippen LogP contribution >= 0.6 is 0 Å². The van der Waals surface area contributed by atoms with Crippen molar-refractivity contribution in [3.8, 4) is 11.5 Å². The molecule has 8 heteroatoms. The molecule has 1 aromatic carbocycles. The van der Waals surface area contributed by atoms with Crippen molar-refractivity contribution in [2.45, 2.75) is 13.5 Å². The van der Waals surface area contributed by atoms with Crippen LogP contribution in [0.5, 0.6) is 0 Å². The summed E-state index contributed by atoms with van der Waals surface area (Å²) in [7, 11) is 0. The van der Waals surface area contributed by atoms with Crippen molar-refractivity contribution in [1.82, 2.24) is 15.0 Å². The first-order valence-corrected chi connectivity index (χ1v) is 10.2. The number of morpholine rings is 1. The number of aromatic nitrogens is 2. The lowest BCUT2D eigenvalue weighted by molar-refractivity contribution is 0.0342. The van der Waals surface area contributed by atoms with Gasteiger partial charge in [-0.1, -0.05) is 23.4 Å². The lowest BCUT2D eigenvalue weighted by atomic mass is 10.1. The molecule has 0 aliphatic carbocycles. The Balaban J connectivity index is 1.48. The number of hydrogen-bond donors (Lipinski definition) is 1. The molecule has 0 bridgehead atoms. The van der Waals surface area contributed by atoms with Gasteiger partial charge in [-0.2, -0.15) is 0 Å². The van der Waals surface area contributed by atoms with Gasteiger partial charge in [0.1, 0.15) is 5.69 Å². The summed E-state index contributed by atoms with van der Waals surface area (Å²) in [4.78, 5) is 20.2. The Labute approximate surface area is 178 Å². The minimum atomic E-state index is -0.249. The van der Waals surface area contributed by atoms with E-state index in [0.717, 1.165) is 44.1 Å². The molecule has 5 rings (SSSR count). The van der Waals surface area contributed by atoms with Crippen molar-refractivity contribution in [3.05, 3.63) is 65.5 Å². The van der Waals surface area contributed by atoms with Gasteiger partial charge in [0.25, 0.3) is 11.6 Å². The van der Waals surface area contributed by atoms with Crippen molar-refractivity contribution in [2.24, 2.45) is 0 Å². The second kappa shape index (κ2) is 8.33. The zero-order valence-electron chi connectivity index (χ0n) is 17.1. The van der Waals surface area contributed by atoms with Crippen molar-refractivity contribution in [3.63, 3.8) is 0 Å². The van der Waals surface area contributed by atoms with Crippen LogP contribution < -0.4 is 5.32 Å². The summed E-state index contributed by atoms with van der Waals surface area (Å²) in [5, 5.41) is 7.67. The molecule has 1 aliphatic rings. The Morgan fingerprint density at radius 1 is 1.16 bits per heavy atom. The zero-order chi connectivity index (χ0) is 21.2. The first kappa shape index (κ1) is 19.5. The number of pyridine rings is 1. The summed E-state index contributed by atoms with van der Waals surface area (Å²) in [6, 6.07) is 13.1. The van der Waals surface area contributed by atoms with Crippen LogP contribution in [0.2, 0.25) is 0 Å². The van der Waals surface area contributed by atoms with E-state index >= 15 is 0 Å². The number of carbonyl (C=O) groups excluding carboxylic acids is 1. The van der Waals surface area contributed by atoms with Gasteiger partial charge in [-0.05, 0) is 36.8 Å². The van der Waals surface area contributed by atoms with Gasteiger partial charge in [0.15, 0.2) is 5.76 Å². The predicted octanol–water partition coefficient (Wildman–Crippen LogP) is 3.88. The van der Waals surface area contributed by atoms with Gasteiger partial charge in [-0.3, -0.25) is 9.69 Å². The van der Waals surface area contributed by atoms with E-state index in [4.69, 9.17) is 13.7 Å². The number of carbonyl (C=O) groups is 1. The number of para-hydroxylation sites is 1. The van der Waals surface area contributed by atoms with Crippen LogP contribution in [-0.4, -0.2) is 47.3 Å². The monoisotopic (exact) mass is 418 g/mol. The van der Waals surface area contributed by atoms with E-state index in [1.807, 2.05) is 24.3 Å². The lowest BCUT2D eigenvalue weighted by Gasteiger charge is -2.27. The fourth-order valence-corrected chi connectivity index (χ4v) is 3.79. The van der Waals surface area contributed by atoms with Crippen LogP contribution in [0.25, 0.3) is 22.6 Å². The topological polar surface area (TPSA) is 93.6 Å². The standard InChI is InChI=1S/C23H22N4O4/c1-15-21-17(13-19(20-7-4-10-30-20)25-23(21)31-26-15)22(28)24-18-6-3-2-5-16(18)14-27-8-11-29-12-9-27/h2-7,10,13H,8-9,11-12,14H2,1H3,(H,24,28). The highest BCUT2D eigenvalue weighted by atomic mass is 16.5. The zero-order valence-corrected chi connectivity index (χ0v) is 17.1. The number of hydrogen-bond acceptors (Lipinski definition) is 7. The summed E-state index contributed by atoms with van der Waals surface area (Å²) in [5.41, 5.74) is 3.70. The maximum absolute atomic E-state index is 13.4. The number of benzene rings is 1. The maximum atomic E-state index is 13.4. The molecule has 0 unspecified atom stereocenters. The fraction of sp³-hybridized carbons (Fsp3) is 0.261. The van der Waals surface area contributed by atoms with E-state index in [0.29, 0.717) is 33.8 Å². The predicted molar refractivity (Wildman–Crippen MR) is 115 cm³/mol. The number of ether oxygens (including phenoxy) is 1. The molecule has 4 aromatic rings. The fourth-order valence-electron chi connectivity index (χ4n) is 3.79. The molecular formula is C23H22N4O4. The van der Waals surface area contributed by atoms with E-state index in [2.05, 4.69) is 20.4 Å². The average Bonchev–Trinajstić information content (AvgIpc) is 3.46. The summed E-state index contributed by atoms with van der Waals surface area (Å²) in [6.07, 6.45) is 1.56. The number of aryl methyl sites for hydroxylation is 1. The summed E-state index contributed by atoms with van der Waals surface area (Å²) in [6.45, 7) is 5.75. The molecule has 1 N–H and O–H groups in total. The quantitative estimate of drug-likeness (QED) is 0.526. The third kappa shape index (κ3) is 3.95. The molecule has 3 aromatic heterocycles. The van der Waals surface area contributed by atoms with Crippen LogP contribution in [0.4, 0.5) is 5.69 Å². The number of nitrogens with zero attached hydrogens (tertiary/aromatic N) is 3. The minimum Gasteiger partial charge on any atom is -0.463 e. The Hall–Kier alpha value is -3.49. The number of amides is 1. The number of nitrogens with one attached hydrogen (secondary N) is 1. The first-order valence-electron chi connectivity index (χ1n) is 10.2. The van der Waals surface area contributed by atoms with Crippen molar-refractivity contribution >= 4 is 22.7 Å². The summed E-state index contributed by atoms with van der Waals surface area (Å²) >= 11 is 0. The average molecular weight is 418 g/mol. The maximum Gasteiger partial charge on any atom is 0.259 e. The Morgan fingerprint density at radius 2 is 2.00 bits per heavy atom. The van der Waals surface area contributed by atoms with Crippen molar-refractivity contribution in [1.29, 1.82) is 0 Å². The molecule has 0 spiro atoms. The molecular weight excluding hydrogens is 396 g/mol. The molecule has 1 amide bonds. The summed E-state index contributed by atoms with van der Waals surface area (Å²) < 4.78 is 16.2. The van der Waals surface area contributed by atoms with Gasteiger partial charge >= 0.3 is 0 Å². The van der Waals surface area contributed by atoms with E-state index in [1.54, 1.807) is 31.4 Å². The molecule has 8 nitrogen and oxygen atoms in total. The highest BCUT2D eigenvalue weighted by molar-refractivity contribution is 6.13. The van der Waals surface area contributed by atoms with Gasteiger partial charge < -0.3 is 19.0 Å². The van der Waals surface area contributed by atoms with Crippen LogP contribution in [0.15, 0.2) is 57.7 Å². The number of anilines is 1. The third-order valence-corrected chi connectivity index (χ3v) is 5.40. The molecule has 158 valence electrons. The largest absolute Gasteiger partial charge is 0.463 e. The molecule has 1 aliphatic heterocycles. The highest BCUT2D eigenvalue weighted by Gasteiger charge is 2.21. The van der Waals surface area contributed by atoms with Crippen LogP contribution in [0.3, 0.4) is 0 Å². The molecule has 4 heterocycles. The van der Waals surface area contributed by atoms with Gasteiger partial charge in [0.05, 0.1) is 36.1 Å². The van der Waals surface area contributed by atoms with E-state index < -0.39 is 0 Å². The normalized spacial score (nSPS) is 14.7. The van der Waals surface area contributed by atoms with Crippen molar-refractivity contribution in [2.75, 3.05) is 31.6 Å². The first-order chi connectivity index (χ1) is 15.2. The Kier molecular flexibility index (Phi) is 5.23. The Bertz CT molecular complexity index is 1210. The van der Waals surface area contributed by atoms with Crippen LogP contribution in [0.1, 0.15) is 21.6 Å². The van der Waals surface area contributed by atoms with E-state index in [-0.39, 0.29) is 5.91 Å². The second-order valence-electron chi connectivity index (χ2n) is 7.48. The SMILES string of the molecule is Cc1noc2nc(-c3ccco3)cc(C(=O)Nc3ccccc3CN3CCOCC3)c12. The minimum absolute atomic E-state index is 0.249. The van der Waals surface area contributed by atoms with Gasteiger partial charge in [0.2, 0.25) is 0 Å². The van der Waals surface area contributed by atoms with Gasteiger partial charge in [0, 0.05) is 25.3 Å². The van der Waals surface area contributed by atoms with Gasteiger partial charge in [-0.15, -0.1) is 0 Å². The van der Waals surface area contributed by atoms with Crippen molar-refractivity contribution < 1.29 is 18.5 Å².